The molecule has 0 atom stereocenters. The van der Waals surface area contributed by atoms with E-state index in [9.17, 15) is 9.59 Å². The Labute approximate surface area is 118 Å². The number of nitrogens with one attached hydrogen (secondary N) is 2. The number of hydrogen-bond donors (Lipinski definition) is 3. The van der Waals surface area contributed by atoms with E-state index < -0.39 is 5.91 Å². The average molecular weight is 279 g/mol. The van der Waals surface area contributed by atoms with Crippen LogP contribution >= 0.6 is 0 Å². The highest BCUT2D eigenvalue weighted by atomic mass is 16.5. The summed E-state index contributed by atoms with van der Waals surface area (Å²) in [5.41, 5.74) is 6.37. The monoisotopic (exact) mass is 279 g/mol. The third-order valence-corrected chi connectivity index (χ3v) is 2.65. The van der Waals surface area contributed by atoms with E-state index in [1.165, 1.54) is 7.11 Å². The molecule has 0 saturated heterocycles. The molecule has 0 aliphatic heterocycles. The Morgan fingerprint density at radius 3 is 2.60 bits per heavy atom. The molecule has 0 bridgehead atoms. The van der Waals surface area contributed by atoms with E-state index in [2.05, 4.69) is 10.6 Å². The van der Waals surface area contributed by atoms with E-state index in [1.54, 1.807) is 18.2 Å². The van der Waals surface area contributed by atoms with Crippen LogP contribution in [0.2, 0.25) is 0 Å². The molecule has 0 spiro atoms. The maximum Gasteiger partial charge on any atom is 0.253 e. The molecule has 0 aromatic heterocycles. The Morgan fingerprint density at radius 2 is 2.00 bits per heavy atom. The molecule has 0 unspecified atom stereocenters. The fourth-order valence-electron chi connectivity index (χ4n) is 1.56. The Balaban J connectivity index is 2.57. The first-order chi connectivity index (χ1) is 9.45. The van der Waals surface area contributed by atoms with Crippen LogP contribution in [0.15, 0.2) is 18.2 Å². The number of amides is 2. The van der Waals surface area contributed by atoms with Gasteiger partial charge in [-0.15, -0.1) is 0 Å². The van der Waals surface area contributed by atoms with Crippen LogP contribution in [-0.4, -0.2) is 32.0 Å². The van der Waals surface area contributed by atoms with Crippen molar-refractivity contribution in [1.82, 2.24) is 10.6 Å². The molecule has 0 radical (unpaired) electrons. The van der Waals surface area contributed by atoms with Gasteiger partial charge in [0.15, 0.2) is 0 Å². The van der Waals surface area contributed by atoms with E-state index >= 15 is 0 Å². The molecule has 6 nitrogen and oxygen atoms in total. The molecule has 0 fully saturated rings. The molecular weight excluding hydrogens is 258 g/mol. The first-order valence-corrected chi connectivity index (χ1v) is 6.43. The van der Waals surface area contributed by atoms with Crippen LogP contribution in [0.1, 0.15) is 24.2 Å². The number of ether oxygens (including phenoxy) is 1. The van der Waals surface area contributed by atoms with Gasteiger partial charge in [-0.1, -0.05) is 19.9 Å². The van der Waals surface area contributed by atoms with Gasteiger partial charge >= 0.3 is 0 Å². The first-order valence-electron chi connectivity index (χ1n) is 6.43. The van der Waals surface area contributed by atoms with Gasteiger partial charge < -0.3 is 21.1 Å². The molecule has 2 amide bonds. The molecule has 0 heterocycles. The minimum atomic E-state index is -0.402. The minimum Gasteiger partial charge on any atom is -0.495 e. The highest BCUT2D eigenvalue weighted by Crippen LogP contribution is 2.24. The molecule has 6 heteroatoms. The summed E-state index contributed by atoms with van der Waals surface area (Å²) in [5.74, 6) is 0.167. The number of methoxy groups -OCH3 is 1. The molecule has 1 rings (SSSR count). The van der Waals surface area contributed by atoms with E-state index in [4.69, 9.17) is 10.5 Å². The molecule has 1 aromatic rings. The van der Waals surface area contributed by atoms with Gasteiger partial charge in [0.25, 0.3) is 5.91 Å². The molecule has 20 heavy (non-hydrogen) atoms. The maximum atomic E-state index is 11.9. The number of carbonyl (C=O) groups is 2. The number of para-hydroxylation sites is 1. The second kappa shape index (κ2) is 7.37. The second-order valence-corrected chi connectivity index (χ2v) is 4.80. The van der Waals surface area contributed by atoms with Crippen molar-refractivity contribution in [2.24, 2.45) is 5.92 Å². The van der Waals surface area contributed by atoms with Crippen LogP contribution in [0, 0.1) is 5.92 Å². The molecule has 4 N–H and O–H groups in total. The molecule has 0 aliphatic rings. The topological polar surface area (TPSA) is 93.4 Å². The average Bonchev–Trinajstić information content (AvgIpc) is 2.42. The van der Waals surface area contributed by atoms with Crippen LogP contribution in [0.5, 0.6) is 5.75 Å². The largest absolute Gasteiger partial charge is 0.495 e. The first kappa shape index (κ1) is 15.8. The van der Waals surface area contributed by atoms with Crippen molar-refractivity contribution in [2.45, 2.75) is 13.8 Å². The zero-order valence-electron chi connectivity index (χ0n) is 12.0. The third kappa shape index (κ3) is 4.46. The maximum absolute atomic E-state index is 11.9. The lowest BCUT2D eigenvalue weighted by Crippen LogP contribution is -2.38. The lowest BCUT2D eigenvalue weighted by molar-refractivity contribution is -0.120. The molecule has 1 aromatic carbocycles. The number of benzene rings is 1. The van der Waals surface area contributed by atoms with Crippen molar-refractivity contribution in [1.29, 1.82) is 0 Å². The van der Waals surface area contributed by atoms with Gasteiger partial charge in [0.1, 0.15) is 5.75 Å². The number of nitrogen functional groups attached to an aromatic ring is 1. The van der Waals surface area contributed by atoms with E-state index in [1.807, 2.05) is 13.8 Å². The summed E-state index contributed by atoms with van der Waals surface area (Å²) in [6, 6.07) is 4.92. The van der Waals surface area contributed by atoms with Gasteiger partial charge in [0.05, 0.1) is 24.9 Å². The summed E-state index contributed by atoms with van der Waals surface area (Å²) in [5, 5.41) is 5.24. The van der Waals surface area contributed by atoms with Crippen LogP contribution in [0.3, 0.4) is 0 Å². The number of carbonyl (C=O) groups excluding carboxylic acids is 2. The van der Waals surface area contributed by atoms with Gasteiger partial charge in [-0.2, -0.15) is 0 Å². The van der Waals surface area contributed by atoms with E-state index in [0.29, 0.717) is 23.8 Å². The van der Waals surface area contributed by atoms with Gasteiger partial charge in [-0.25, -0.2) is 0 Å². The predicted octanol–water partition coefficient (Wildman–Crippen LogP) is 0.779. The van der Waals surface area contributed by atoms with Crippen LogP contribution in [0.25, 0.3) is 0 Å². The SMILES string of the molecule is COc1cccc(C(=O)NCC(=O)NCC(C)C)c1N. The normalized spacial score (nSPS) is 10.2. The fraction of sp³-hybridized carbons (Fsp3) is 0.429. The van der Waals surface area contributed by atoms with Crippen LogP contribution in [0.4, 0.5) is 5.69 Å². The highest BCUT2D eigenvalue weighted by molar-refractivity contribution is 6.01. The smallest absolute Gasteiger partial charge is 0.253 e. The summed E-state index contributed by atoms with van der Waals surface area (Å²) in [7, 11) is 1.48. The molecular formula is C14H21N3O3. The summed E-state index contributed by atoms with van der Waals surface area (Å²) < 4.78 is 5.04. The number of nitrogens with two attached hydrogens (primary N) is 1. The highest BCUT2D eigenvalue weighted by Gasteiger charge is 2.13. The van der Waals surface area contributed by atoms with Gasteiger partial charge in [-0.05, 0) is 18.1 Å². The lowest BCUT2D eigenvalue weighted by Gasteiger charge is -2.11. The summed E-state index contributed by atoms with van der Waals surface area (Å²) in [6.45, 7) is 4.49. The van der Waals surface area contributed by atoms with Crippen molar-refractivity contribution in [3.8, 4) is 5.75 Å². The zero-order valence-corrected chi connectivity index (χ0v) is 12.0. The molecule has 0 aliphatic carbocycles. The Bertz CT molecular complexity index is 487. The summed E-state index contributed by atoms with van der Waals surface area (Å²) in [4.78, 5) is 23.5. The van der Waals surface area contributed by atoms with E-state index in [0.717, 1.165) is 0 Å². The van der Waals surface area contributed by atoms with Crippen molar-refractivity contribution in [3.63, 3.8) is 0 Å². The van der Waals surface area contributed by atoms with Crippen molar-refractivity contribution in [2.75, 3.05) is 25.9 Å². The quantitative estimate of drug-likeness (QED) is 0.671. The van der Waals surface area contributed by atoms with Crippen molar-refractivity contribution in [3.05, 3.63) is 23.8 Å². The number of anilines is 1. The Morgan fingerprint density at radius 1 is 1.30 bits per heavy atom. The van der Waals surface area contributed by atoms with E-state index in [-0.39, 0.29) is 18.1 Å². The van der Waals surface area contributed by atoms with Gasteiger partial charge in [0.2, 0.25) is 5.91 Å². The van der Waals surface area contributed by atoms with Crippen molar-refractivity contribution < 1.29 is 14.3 Å². The third-order valence-electron chi connectivity index (χ3n) is 2.65. The predicted molar refractivity (Wildman–Crippen MR) is 77.6 cm³/mol. The number of rotatable bonds is 6. The number of hydrogen-bond acceptors (Lipinski definition) is 4. The van der Waals surface area contributed by atoms with Crippen molar-refractivity contribution >= 4 is 17.5 Å². The Hall–Kier alpha value is -2.24. The fourth-order valence-corrected chi connectivity index (χ4v) is 1.56. The van der Waals surface area contributed by atoms with Crippen LogP contribution < -0.4 is 21.1 Å². The summed E-state index contributed by atoms with van der Waals surface area (Å²) in [6.07, 6.45) is 0. The van der Waals surface area contributed by atoms with Crippen LogP contribution in [-0.2, 0) is 4.79 Å². The lowest BCUT2D eigenvalue weighted by atomic mass is 10.1. The van der Waals surface area contributed by atoms with Gasteiger partial charge in [-0.3, -0.25) is 9.59 Å². The standard InChI is InChI=1S/C14H21N3O3/c1-9(2)7-16-12(18)8-17-14(19)10-5-4-6-11(20-3)13(10)15/h4-6,9H,7-8,15H2,1-3H3,(H,16,18)(H,17,19). The minimum absolute atomic E-state index is 0.0811. The molecule has 0 saturated carbocycles. The Kier molecular flexibility index (Phi) is 5.83. The second-order valence-electron chi connectivity index (χ2n) is 4.80. The summed E-state index contributed by atoms with van der Waals surface area (Å²) >= 11 is 0. The zero-order chi connectivity index (χ0) is 15.1. The molecule has 110 valence electrons. The van der Waals surface area contributed by atoms with Gasteiger partial charge in [0, 0.05) is 6.54 Å².